The molecule has 4 aromatic rings. The van der Waals surface area contributed by atoms with E-state index in [9.17, 15) is 0 Å². The molecule has 0 atom stereocenters. The van der Waals surface area contributed by atoms with E-state index in [1.54, 1.807) is 18.7 Å². The summed E-state index contributed by atoms with van der Waals surface area (Å²) in [5.74, 6) is 1.57. The topological polar surface area (TPSA) is 82.5 Å². The van der Waals surface area contributed by atoms with Gasteiger partial charge in [-0.15, -0.1) is 20.4 Å². The Morgan fingerprint density at radius 1 is 1.00 bits per heavy atom. The minimum Gasteiger partial charge on any atom is -0.420 e. The standard InChI is InChI=1S/C16H12N6OS/c1-2-5-12(6-3-1)15-20-19-14(23-15)10-24-16-21-18-11-22(16)13-7-4-8-17-9-13/h1-9,11H,10H2. The molecule has 0 aliphatic carbocycles. The molecule has 0 aliphatic rings. The Kier molecular flexibility index (Phi) is 4.03. The van der Waals surface area contributed by atoms with Crippen molar-refractivity contribution in [1.29, 1.82) is 0 Å². The van der Waals surface area contributed by atoms with Crippen LogP contribution in [-0.2, 0) is 5.75 Å². The maximum absolute atomic E-state index is 5.70. The van der Waals surface area contributed by atoms with Gasteiger partial charge in [0.1, 0.15) is 6.33 Å². The van der Waals surface area contributed by atoms with Gasteiger partial charge in [-0.2, -0.15) is 0 Å². The van der Waals surface area contributed by atoms with Gasteiger partial charge in [-0.1, -0.05) is 30.0 Å². The fourth-order valence-electron chi connectivity index (χ4n) is 2.13. The third-order valence-electron chi connectivity index (χ3n) is 3.25. The molecular formula is C16H12N6OS. The fraction of sp³-hybridized carbons (Fsp3) is 0.0625. The van der Waals surface area contributed by atoms with Crippen molar-refractivity contribution >= 4 is 11.8 Å². The van der Waals surface area contributed by atoms with Crippen molar-refractivity contribution in [3.63, 3.8) is 0 Å². The van der Waals surface area contributed by atoms with Gasteiger partial charge in [0, 0.05) is 11.8 Å². The van der Waals surface area contributed by atoms with Gasteiger partial charge in [0.05, 0.1) is 17.6 Å². The molecule has 0 radical (unpaired) electrons. The molecule has 0 saturated heterocycles. The average Bonchev–Trinajstić information content (AvgIpc) is 3.31. The van der Waals surface area contributed by atoms with E-state index < -0.39 is 0 Å². The predicted octanol–water partition coefficient (Wildman–Crippen LogP) is 3.00. The molecule has 7 nitrogen and oxygen atoms in total. The summed E-state index contributed by atoms with van der Waals surface area (Å²) < 4.78 is 7.57. The molecule has 0 saturated carbocycles. The molecule has 3 heterocycles. The van der Waals surface area contributed by atoms with Crippen molar-refractivity contribution in [1.82, 2.24) is 29.9 Å². The molecule has 0 aliphatic heterocycles. The maximum Gasteiger partial charge on any atom is 0.247 e. The first-order chi connectivity index (χ1) is 11.9. The molecule has 0 N–H and O–H groups in total. The lowest BCUT2D eigenvalue weighted by Crippen LogP contribution is -1.95. The lowest BCUT2D eigenvalue weighted by atomic mass is 10.2. The van der Waals surface area contributed by atoms with Crippen LogP contribution in [0, 0.1) is 0 Å². The van der Waals surface area contributed by atoms with E-state index in [2.05, 4.69) is 25.4 Å². The normalized spacial score (nSPS) is 10.8. The van der Waals surface area contributed by atoms with Crippen molar-refractivity contribution in [3.8, 4) is 17.1 Å². The summed E-state index contributed by atoms with van der Waals surface area (Å²) in [6.45, 7) is 0. The smallest absolute Gasteiger partial charge is 0.247 e. The minimum absolute atomic E-state index is 0.513. The van der Waals surface area contributed by atoms with Gasteiger partial charge in [-0.05, 0) is 24.3 Å². The highest BCUT2D eigenvalue weighted by atomic mass is 32.2. The van der Waals surface area contributed by atoms with Crippen LogP contribution < -0.4 is 0 Å². The minimum atomic E-state index is 0.513. The summed E-state index contributed by atoms with van der Waals surface area (Å²) in [7, 11) is 0. The molecule has 0 bridgehead atoms. The van der Waals surface area contributed by atoms with Crippen LogP contribution in [0.4, 0.5) is 0 Å². The fourth-order valence-corrected chi connectivity index (χ4v) is 2.90. The van der Waals surface area contributed by atoms with Crippen LogP contribution in [0.1, 0.15) is 5.89 Å². The molecular weight excluding hydrogens is 324 g/mol. The van der Waals surface area contributed by atoms with Gasteiger partial charge in [-0.3, -0.25) is 9.55 Å². The molecule has 118 valence electrons. The Morgan fingerprint density at radius 2 is 1.92 bits per heavy atom. The zero-order chi connectivity index (χ0) is 16.2. The van der Waals surface area contributed by atoms with E-state index >= 15 is 0 Å². The number of aromatic nitrogens is 6. The zero-order valence-electron chi connectivity index (χ0n) is 12.5. The quantitative estimate of drug-likeness (QED) is 0.518. The largest absolute Gasteiger partial charge is 0.420 e. The van der Waals surface area contributed by atoms with E-state index in [0.717, 1.165) is 16.4 Å². The summed E-state index contributed by atoms with van der Waals surface area (Å²) in [6.07, 6.45) is 5.14. The van der Waals surface area contributed by atoms with Crippen LogP contribution in [0.15, 0.2) is 70.8 Å². The van der Waals surface area contributed by atoms with Crippen molar-refractivity contribution in [2.75, 3.05) is 0 Å². The molecule has 3 aromatic heterocycles. The number of hydrogen-bond acceptors (Lipinski definition) is 7. The van der Waals surface area contributed by atoms with Crippen LogP contribution in [0.3, 0.4) is 0 Å². The number of rotatable bonds is 5. The van der Waals surface area contributed by atoms with Crippen molar-refractivity contribution in [2.24, 2.45) is 0 Å². The molecule has 24 heavy (non-hydrogen) atoms. The second-order valence-electron chi connectivity index (χ2n) is 4.85. The van der Waals surface area contributed by atoms with Crippen molar-refractivity contribution < 1.29 is 4.42 Å². The SMILES string of the molecule is c1ccc(-c2nnc(CSc3nncn3-c3cccnc3)o2)cc1. The number of pyridine rings is 1. The van der Waals surface area contributed by atoms with Crippen LogP contribution in [-0.4, -0.2) is 29.9 Å². The Morgan fingerprint density at radius 3 is 2.75 bits per heavy atom. The highest BCUT2D eigenvalue weighted by Gasteiger charge is 2.12. The number of benzene rings is 1. The van der Waals surface area contributed by atoms with Gasteiger partial charge in [-0.25, -0.2) is 0 Å². The van der Waals surface area contributed by atoms with E-state index in [-0.39, 0.29) is 0 Å². The first-order valence-corrected chi connectivity index (χ1v) is 8.20. The second kappa shape index (κ2) is 6.63. The van der Waals surface area contributed by atoms with Gasteiger partial charge < -0.3 is 4.42 Å². The lowest BCUT2D eigenvalue weighted by molar-refractivity contribution is 0.528. The van der Waals surface area contributed by atoms with Gasteiger partial charge >= 0.3 is 0 Å². The zero-order valence-corrected chi connectivity index (χ0v) is 13.3. The Labute approximate surface area is 141 Å². The highest BCUT2D eigenvalue weighted by Crippen LogP contribution is 2.24. The number of nitrogens with zero attached hydrogens (tertiary/aromatic N) is 6. The number of thioether (sulfide) groups is 1. The summed E-state index contributed by atoms with van der Waals surface area (Å²) in [4.78, 5) is 4.11. The molecule has 0 fully saturated rings. The predicted molar refractivity (Wildman–Crippen MR) is 88.4 cm³/mol. The lowest BCUT2D eigenvalue weighted by Gasteiger charge is -2.03. The molecule has 0 unspecified atom stereocenters. The molecule has 8 heteroatoms. The van der Waals surface area contributed by atoms with E-state index in [1.807, 2.05) is 47.0 Å². The van der Waals surface area contributed by atoms with Crippen LogP contribution >= 0.6 is 11.8 Å². The molecule has 1 aromatic carbocycles. The van der Waals surface area contributed by atoms with E-state index in [4.69, 9.17) is 4.42 Å². The highest BCUT2D eigenvalue weighted by molar-refractivity contribution is 7.98. The summed E-state index contributed by atoms with van der Waals surface area (Å²) in [5, 5.41) is 17.0. The van der Waals surface area contributed by atoms with Crippen molar-refractivity contribution in [2.45, 2.75) is 10.9 Å². The summed E-state index contributed by atoms with van der Waals surface area (Å²) in [5.41, 5.74) is 1.81. The summed E-state index contributed by atoms with van der Waals surface area (Å²) in [6, 6.07) is 13.5. The number of hydrogen-bond donors (Lipinski definition) is 0. The van der Waals surface area contributed by atoms with Gasteiger partial charge in [0.25, 0.3) is 0 Å². The molecule has 4 rings (SSSR count). The maximum atomic E-state index is 5.70. The molecule has 0 spiro atoms. The van der Waals surface area contributed by atoms with Crippen LogP contribution in [0.5, 0.6) is 0 Å². The second-order valence-corrected chi connectivity index (χ2v) is 5.79. The monoisotopic (exact) mass is 336 g/mol. The van der Waals surface area contributed by atoms with E-state index in [0.29, 0.717) is 17.5 Å². The van der Waals surface area contributed by atoms with Crippen LogP contribution in [0.2, 0.25) is 0 Å². The van der Waals surface area contributed by atoms with Crippen molar-refractivity contribution in [3.05, 3.63) is 67.1 Å². The van der Waals surface area contributed by atoms with Crippen LogP contribution in [0.25, 0.3) is 17.1 Å². The van der Waals surface area contributed by atoms with Gasteiger partial charge in [0.2, 0.25) is 11.8 Å². The Hall–Kier alpha value is -3.00. The molecule has 0 amide bonds. The van der Waals surface area contributed by atoms with Gasteiger partial charge in [0.15, 0.2) is 5.16 Å². The summed E-state index contributed by atoms with van der Waals surface area (Å²) >= 11 is 1.48. The Balaban J connectivity index is 1.49. The average molecular weight is 336 g/mol. The Bertz CT molecular complexity index is 922. The first kappa shape index (κ1) is 14.6. The third-order valence-corrected chi connectivity index (χ3v) is 4.18. The van der Waals surface area contributed by atoms with E-state index in [1.165, 1.54) is 11.8 Å². The first-order valence-electron chi connectivity index (χ1n) is 7.21. The third kappa shape index (κ3) is 3.04.